The van der Waals surface area contributed by atoms with E-state index in [9.17, 15) is 9.18 Å². The van der Waals surface area contributed by atoms with Crippen molar-refractivity contribution in [3.05, 3.63) is 52.8 Å². The van der Waals surface area contributed by atoms with E-state index < -0.39 is 0 Å². The van der Waals surface area contributed by atoms with Crippen molar-refractivity contribution in [2.45, 2.75) is 6.92 Å². The van der Waals surface area contributed by atoms with E-state index >= 15 is 0 Å². The fourth-order valence-corrected chi connectivity index (χ4v) is 4.49. The van der Waals surface area contributed by atoms with Gasteiger partial charge in [-0.25, -0.2) is 9.37 Å². The van der Waals surface area contributed by atoms with Crippen molar-refractivity contribution in [1.82, 2.24) is 4.98 Å². The molecule has 4 rings (SSSR count). The Bertz CT molecular complexity index is 1130. The quantitative estimate of drug-likeness (QED) is 0.593. The summed E-state index contributed by atoms with van der Waals surface area (Å²) in [6.07, 6.45) is 0. The van der Waals surface area contributed by atoms with Crippen molar-refractivity contribution >= 4 is 28.6 Å². The SMILES string of the molecule is COc1ccc(-c2nc(C)c(C(=O)Nc3ccc(N4CCOCC4)c(F)c3)s2)cc1OC. The number of anilines is 2. The van der Waals surface area contributed by atoms with Crippen LogP contribution in [-0.2, 0) is 4.74 Å². The van der Waals surface area contributed by atoms with Crippen molar-refractivity contribution < 1.29 is 23.4 Å². The van der Waals surface area contributed by atoms with Crippen LogP contribution in [0.5, 0.6) is 11.5 Å². The van der Waals surface area contributed by atoms with Crippen molar-refractivity contribution in [3.63, 3.8) is 0 Å². The lowest BCUT2D eigenvalue weighted by Gasteiger charge is -2.29. The largest absolute Gasteiger partial charge is 0.493 e. The molecule has 0 saturated carbocycles. The number of carbonyl (C=O) groups excluding carboxylic acids is 1. The molecule has 32 heavy (non-hydrogen) atoms. The van der Waals surface area contributed by atoms with E-state index in [0.29, 0.717) is 64.8 Å². The predicted molar refractivity (Wildman–Crippen MR) is 123 cm³/mol. The first-order valence-electron chi connectivity index (χ1n) is 10.1. The molecule has 1 saturated heterocycles. The van der Waals surface area contributed by atoms with Crippen LogP contribution in [0.25, 0.3) is 10.6 Å². The maximum Gasteiger partial charge on any atom is 0.267 e. The molecule has 0 aliphatic carbocycles. The van der Waals surface area contributed by atoms with E-state index in [1.165, 1.54) is 17.4 Å². The Labute approximate surface area is 189 Å². The second kappa shape index (κ2) is 9.54. The lowest BCUT2D eigenvalue weighted by atomic mass is 10.2. The lowest BCUT2D eigenvalue weighted by Crippen LogP contribution is -2.36. The van der Waals surface area contributed by atoms with E-state index in [0.717, 1.165) is 5.56 Å². The average molecular weight is 458 g/mol. The smallest absolute Gasteiger partial charge is 0.267 e. The fourth-order valence-electron chi connectivity index (χ4n) is 3.53. The molecule has 0 radical (unpaired) electrons. The molecule has 9 heteroatoms. The van der Waals surface area contributed by atoms with Gasteiger partial charge in [0.1, 0.15) is 15.7 Å². The van der Waals surface area contributed by atoms with E-state index in [1.54, 1.807) is 39.3 Å². The second-order valence-corrected chi connectivity index (χ2v) is 8.22. The minimum Gasteiger partial charge on any atom is -0.493 e. The molecule has 2 heterocycles. The van der Waals surface area contributed by atoms with Gasteiger partial charge in [0.25, 0.3) is 5.91 Å². The van der Waals surface area contributed by atoms with E-state index in [4.69, 9.17) is 14.2 Å². The van der Waals surface area contributed by atoms with Crippen LogP contribution in [0.3, 0.4) is 0 Å². The summed E-state index contributed by atoms with van der Waals surface area (Å²) in [5, 5.41) is 3.46. The summed E-state index contributed by atoms with van der Waals surface area (Å²) in [5.74, 6) is 0.492. The minimum absolute atomic E-state index is 0.328. The number of thiazole rings is 1. The molecule has 0 unspecified atom stereocenters. The molecule has 1 aliphatic heterocycles. The molecule has 2 aromatic carbocycles. The molecule has 0 bridgehead atoms. The van der Waals surface area contributed by atoms with Crippen LogP contribution in [0.15, 0.2) is 36.4 Å². The number of hydrogen-bond donors (Lipinski definition) is 1. The van der Waals surface area contributed by atoms with Gasteiger partial charge in [-0.15, -0.1) is 11.3 Å². The summed E-state index contributed by atoms with van der Waals surface area (Å²) in [6.45, 7) is 4.21. The Morgan fingerprint density at radius 3 is 2.56 bits per heavy atom. The molecular formula is C23H24FN3O4S. The van der Waals surface area contributed by atoms with Gasteiger partial charge in [0.15, 0.2) is 11.5 Å². The van der Waals surface area contributed by atoms with Gasteiger partial charge >= 0.3 is 0 Å². The number of carbonyl (C=O) groups is 1. The van der Waals surface area contributed by atoms with Gasteiger partial charge in [0, 0.05) is 24.3 Å². The molecule has 1 aliphatic rings. The Morgan fingerprint density at radius 1 is 1.12 bits per heavy atom. The molecule has 1 amide bonds. The number of morpholine rings is 1. The van der Waals surface area contributed by atoms with E-state index in [1.807, 2.05) is 17.0 Å². The molecule has 7 nitrogen and oxygen atoms in total. The summed E-state index contributed by atoms with van der Waals surface area (Å²) in [6, 6.07) is 10.2. The van der Waals surface area contributed by atoms with Crippen LogP contribution in [-0.4, -0.2) is 51.4 Å². The summed E-state index contributed by atoms with van der Waals surface area (Å²) in [7, 11) is 3.14. The van der Waals surface area contributed by atoms with Gasteiger partial charge in [-0.2, -0.15) is 0 Å². The van der Waals surface area contributed by atoms with Gasteiger partial charge in [-0.3, -0.25) is 4.79 Å². The van der Waals surface area contributed by atoms with Gasteiger partial charge in [0.2, 0.25) is 0 Å². The monoisotopic (exact) mass is 457 g/mol. The first kappa shape index (κ1) is 22.0. The Kier molecular flexibility index (Phi) is 6.57. The molecular weight excluding hydrogens is 433 g/mol. The molecule has 1 fully saturated rings. The van der Waals surface area contributed by atoms with Gasteiger partial charge in [-0.1, -0.05) is 0 Å². The molecule has 168 valence electrons. The number of hydrogen-bond acceptors (Lipinski definition) is 7. The van der Waals surface area contributed by atoms with Crippen LogP contribution in [0, 0.1) is 12.7 Å². The first-order valence-corrected chi connectivity index (χ1v) is 10.9. The minimum atomic E-state index is -0.378. The number of amides is 1. The van der Waals surface area contributed by atoms with Gasteiger partial charge in [-0.05, 0) is 43.3 Å². The number of rotatable bonds is 6. The van der Waals surface area contributed by atoms with Crippen molar-refractivity contribution in [2.75, 3.05) is 50.7 Å². The van der Waals surface area contributed by atoms with Crippen molar-refractivity contribution in [1.29, 1.82) is 0 Å². The Hall–Kier alpha value is -3.17. The predicted octanol–water partition coefficient (Wildman–Crippen LogP) is 4.36. The normalized spacial score (nSPS) is 13.7. The fraction of sp³-hybridized carbons (Fsp3) is 0.304. The molecule has 1 aromatic heterocycles. The van der Waals surface area contributed by atoms with Crippen molar-refractivity contribution in [3.8, 4) is 22.1 Å². The Balaban J connectivity index is 1.52. The summed E-state index contributed by atoms with van der Waals surface area (Å²) in [5.41, 5.74) is 2.32. The zero-order chi connectivity index (χ0) is 22.7. The number of nitrogens with zero attached hydrogens (tertiary/aromatic N) is 2. The summed E-state index contributed by atoms with van der Waals surface area (Å²) < 4.78 is 30.6. The van der Waals surface area contributed by atoms with E-state index in [2.05, 4.69) is 10.3 Å². The molecule has 0 atom stereocenters. The van der Waals surface area contributed by atoms with Crippen LogP contribution < -0.4 is 19.7 Å². The van der Waals surface area contributed by atoms with Crippen LogP contribution >= 0.6 is 11.3 Å². The third kappa shape index (κ3) is 4.53. The van der Waals surface area contributed by atoms with Crippen LogP contribution in [0.2, 0.25) is 0 Å². The zero-order valence-electron chi connectivity index (χ0n) is 18.1. The first-order chi connectivity index (χ1) is 15.5. The number of halogens is 1. The molecule has 3 aromatic rings. The number of ether oxygens (including phenoxy) is 3. The second-order valence-electron chi connectivity index (χ2n) is 7.22. The lowest BCUT2D eigenvalue weighted by molar-refractivity contribution is 0.103. The molecule has 1 N–H and O–H groups in total. The zero-order valence-corrected chi connectivity index (χ0v) is 18.9. The number of methoxy groups -OCH3 is 2. The third-order valence-corrected chi connectivity index (χ3v) is 6.40. The number of aryl methyl sites for hydroxylation is 1. The van der Waals surface area contributed by atoms with Gasteiger partial charge in [0.05, 0.1) is 38.8 Å². The van der Waals surface area contributed by atoms with Crippen LogP contribution in [0.4, 0.5) is 15.8 Å². The Morgan fingerprint density at radius 2 is 1.88 bits per heavy atom. The number of nitrogens with one attached hydrogen (secondary N) is 1. The summed E-state index contributed by atoms with van der Waals surface area (Å²) >= 11 is 1.27. The van der Waals surface area contributed by atoms with Gasteiger partial charge < -0.3 is 24.4 Å². The average Bonchev–Trinajstić information content (AvgIpc) is 3.21. The highest BCUT2D eigenvalue weighted by Crippen LogP contribution is 2.35. The topological polar surface area (TPSA) is 72.9 Å². The number of aromatic nitrogens is 1. The maximum atomic E-state index is 14.7. The third-order valence-electron chi connectivity index (χ3n) is 5.19. The number of benzene rings is 2. The molecule has 0 spiro atoms. The summed E-state index contributed by atoms with van der Waals surface area (Å²) in [4.78, 5) is 19.8. The highest BCUT2D eigenvalue weighted by atomic mass is 32.1. The highest BCUT2D eigenvalue weighted by molar-refractivity contribution is 7.17. The van der Waals surface area contributed by atoms with Crippen LogP contribution in [0.1, 0.15) is 15.4 Å². The standard InChI is InChI=1S/C23H24FN3O4S/c1-14-21(32-23(25-14)15-4-7-19(29-2)20(12-15)30-3)22(28)26-16-5-6-18(17(24)13-16)27-8-10-31-11-9-27/h4-7,12-13H,8-11H2,1-3H3,(H,26,28). The highest BCUT2D eigenvalue weighted by Gasteiger charge is 2.19. The van der Waals surface area contributed by atoms with E-state index in [-0.39, 0.29) is 11.7 Å². The van der Waals surface area contributed by atoms with Crippen molar-refractivity contribution in [2.24, 2.45) is 0 Å². The maximum absolute atomic E-state index is 14.7.